The molecule has 2 heterocycles. The van der Waals surface area contributed by atoms with Crippen molar-refractivity contribution in [3.05, 3.63) is 77.0 Å². The predicted octanol–water partition coefficient (Wildman–Crippen LogP) is 3.61. The lowest BCUT2D eigenvalue weighted by Crippen LogP contribution is -2.38. The van der Waals surface area contributed by atoms with Gasteiger partial charge in [-0.3, -0.25) is 0 Å². The molecule has 0 atom stereocenters. The highest BCUT2D eigenvalue weighted by Gasteiger charge is 2.28. The second kappa shape index (κ2) is 8.44. The molecule has 1 fully saturated rings. The normalized spacial score (nSPS) is 13.4. The first kappa shape index (κ1) is 20.3. The van der Waals surface area contributed by atoms with Crippen molar-refractivity contribution >= 4 is 11.7 Å². The number of ether oxygens (including phenoxy) is 1. The number of carbonyl (C=O) groups is 1. The van der Waals surface area contributed by atoms with Gasteiger partial charge in [-0.15, -0.1) is 11.1 Å². The number of aromatic nitrogens is 1. The fourth-order valence-corrected chi connectivity index (χ4v) is 3.42. The molecular weight excluding hydrogens is 392 g/mol. The Hall–Kier alpha value is -3.93. The molecule has 31 heavy (non-hydrogen) atoms. The molecule has 1 aliphatic heterocycles. The number of rotatable bonds is 5. The maximum atomic E-state index is 12.4. The van der Waals surface area contributed by atoms with Gasteiger partial charge in [0.05, 0.1) is 28.7 Å². The van der Waals surface area contributed by atoms with Gasteiger partial charge in [-0.2, -0.15) is 5.26 Å². The van der Waals surface area contributed by atoms with E-state index in [1.54, 1.807) is 13.1 Å². The van der Waals surface area contributed by atoms with Crippen LogP contribution in [0, 0.1) is 25.2 Å². The summed E-state index contributed by atoms with van der Waals surface area (Å²) in [5.74, 6) is 0.642. The van der Waals surface area contributed by atoms with Gasteiger partial charge in [-0.1, -0.05) is 30.3 Å². The van der Waals surface area contributed by atoms with Gasteiger partial charge >= 0.3 is 6.03 Å². The largest absolute Gasteiger partial charge is 0.487 e. The molecule has 1 aliphatic rings. The molecule has 156 valence electrons. The number of hydrazine groups is 3. The number of hydrogen-bond acceptors (Lipinski definition) is 6. The quantitative estimate of drug-likeness (QED) is 0.662. The van der Waals surface area contributed by atoms with Gasteiger partial charge in [0.2, 0.25) is 0 Å². The Bertz CT molecular complexity index is 1190. The maximum absolute atomic E-state index is 12.4. The van der Waals surface area contributed by atoms with Crippen LogP contribution in [-0.4, -0.2) is 23.1 Å². The lowest BCUT2D eigenvalue weighted by molar-refractivity contribution is 0.214. The number of nitriles is 1. The van der Waals surface area contributed by atoms with Crippen molar-refractivity contribution in [2.75, 3.05) is 12.1 Å². The molecule has 0 bridgehead atoms. The Balaban J connectivity index is 1.58. The van der Waals surface area contributed by atoms with Crippen molar-refractivity contribution in [2.24, 2.45) is 0 Å². The number of aryl methyl sites for hydroxylation is 2. The van der Waals surface area contributed by atoms with E-state index in [-0.39, 0.29) is 12.6 Å². The highest BCUT2D eigenvalue weighted by molar-refractivity contribution is 5.93. The van der Waals surface area contributed by atoms with Crippen LogP contribution in [0.1, 0.15) is 22.4 Å². The number of benzene rings is 2. The molecule has 2 N–H and O–H groups in total. The average molecular weight is 414 g/mol. The molecule has 0 aliphatic carbocycles. The molecule has 0 spiro atoms. The summed E-state index contributed by atoms with van der Waals surface area (Å²) < 4.78 is 6.09. The number of anilines is 1. The van der Waals surface area contributed by atoms with Crippen molar-refractivity contribution in [1.29, 1.82) is 5.26 Å². The number of nitrogens with one attached hydrogen (secondary N) is 2. The molecule has 1 aromatic heterocycles. The van der Waals surface area contributed by atoms with Crippen molar-refractivity contribution in [3.63, 3.8) is 0 Å². The van der Waals surface area contributed by atoms with E-state index in [1.165, 1.54) is 10.0 Å². The minimum atomic E-state index is -0.217. The summed E-state index contributed by atoms with van der Waals surface area (Å²) in [6.07, 6.45) is 0. The van der Waals surface area contributed by atoms with Crippen LogP contribution in [-0.2, 0) is 6.61 Å². The lowest BCUT2D eigenvalue weighted by Gasteiger charge is -2.20. The van der Waals surface area contributed by atoms with Crippen molar-refractivity contribution in [3.8, 4) is 23.1 Å². The molecule has 2 aromatic carbocycles. The summed E-state index contributed by atoms with van der Waals surface area (Å²) in [5.41, 5.74) is 11.0. The summed E-state index contributed by atoms with van der Waals surface area (Å²) in [7, 11) is 1.64. The average Bonchev–Trinajstić information content (AvgIpc) is 3.11. The third kappa shape index (κ3) is 3.92. The minimum Gasteiger partial charge on any atom is -0.487 e. The summed E-state index contributed by atoms with van der Waals surface area (Å²) in [6.45, 7) is 4.12. The van der Waals surface area contributed by atoms with Crippen LogP contribution in [0.25, 0.3) is 11.3 Å². The van der Waals surface area contributed by atoms with Crippen LogP contribution in [0.5, 0.6) is 5.75 Å². The van der Waals surface area contributed by atoms with Crippen LogP contribution in [0.15, 0.2) is 54.6 Å². The van der Waals surface area contributed by atoms with Crippen molar-refractivity contribution in [1.82, 2.24) is 21.1 Å². The second-order valence-corrected chi connectivity index (χ2v) is 7.20. The molecule has 1 saturated heterocycles. The third-order valence-corrected chi connectivity index (χ3v) is 5.17. The Morgan fingerprint density at radius 2 is 1.87 bits per heavy atom. The molecule has 2 amide bonds. The molecular formula is C23H22N6O2. The van der Waals surface area contributed by atoms with Gasteiger partial charge in [0.1, 0.15) is 12.4 Å². The van der Waals surface area contributed by atoms with Crippen molar-refractivity contribution in [2.45, 2.75) is 20.5 Å². The van der Waals surface area contributed by atoms with E-state index in [0.717, 1.165) is 28.1 Å². The monoisotopic (exact) mass is 414 g/mol. The number of nitrogens with zero attached hydrogens (tertiary/aromatic N) is 4. The van der Waals surface area contributed by atoms with E-state index < -0.39 is 0 Å². The second-order valence-electron chi connectivity index (χ2n) is 7.20. The predicted molar refractivity (Wildman–Crippen MR) is 117 cm³/mol. The first-order chi connectivity index (χ1) is 15.0. The smallest absolute Gasteiger partial charge is 0.355 e. The van der Waals surface area contributed by atoms with Crippen LogP contribution < -0.4 is 20.8 Å². The van der Waals surface area contributed by atoms with Gasteiger partial charge < -0.3 is 4.74 Å². The summed E-state index contributed by atoms with van der Waals surface area (Å²) in [6, 6.07) is 18.8. The molecule has 0 unspecified atom stereocenters. The first-order valence-electron chi connectivity index (χ1n) is 9.77. The van der Waals surface area contributed by atoms with Gasteiger partial charge in [0.15, 0.2) is 0 Å². The number of pyridine rings is 1. The standard InChI is InChI=1S/C23H22N6O2/c1-15-7-6-10-21(29-23(30)28(3)26-27-29)19(15)14-31-22-12-11-20(25-16(22)2)18-9-5-4-8-17(18)13-24/h4-12,26-27H,14H2,1-3H3. The first-order valence-corrected chi connectivity index (χ1v) is 9.77. The van der Waals surface area contributed by atoms with E-state index in [1.807, 2.05) is 62.4 Å². The summed E-state index contributed by atoms with van der Waals surface area (Å²) in [4.78, 5) is 17.0. The highest BCUT2D eigenvalue weighted by Crippen LogP contribution is 2.29. The van der Waals surface area contributed by atoms with Gasteiger partial charge in [-0.05, 0) is 43.7 Å². The number of hydrogen-bond donors (Lipinski definition) is 2. The Kier molecular flexibility index (Phi) is 5.54. The molecule has 0 radical (unpaired) electrons. The Labute approximate surface area is 180 Å². The van der Waals surface area contributed by atoms with Gasteiger partial charge in [0, 0.05) is 18.2 Å². The third-order valence-electron chi connectivity index (χ3n) is 5.17. The van der Waals surface area contributed by atoms with Crippen molar-refractivity contribution < 1.29 is 9.53 Å². The Morgan fingerprint density at radius 1 is 1.06 bits per heavy atom. The molecule has 8 nitrogen and oxygen atoms in total. The van der Waals surface area contributed by atoms with Crippen LogP contribution in [0.4, 0.5) is 10.5 Å². The SMILES string of the molecule is Cc1cccc(N2NNN(C)C2=O)c1COc1ccc(-c2ccccc2C#N)nc1C. The van der Waals surface area contributed by atoms with Crippen LogP contribution >= 0.6 is 0 Å². The number of urea groups is 1. The number of amides is 2. The topological polar surface area (TPSA) is 93.5 Å². The minimum absolute atomic E-state index is 0.217. The number of carbonyl (C=O) groups excluding carboxylic acids is 1. The van der Waals surface area contributed by atoms with E-state index in [4.69, 9.17) is 4.74 Å². The zero-order valence-electron chi connectivity index (χ0n) is 17.5. The van der Waals surface area contributed by atoms with Crippen LogP contribution in [0.3, 0.4) is 0 Å². The molecule has 0 saturated carbocycles. The van der Waals surface area contributed by atoms with Gasteiger partial charge in [0.25, 0.3) is 0 Å². The Morgan fingerprint density at radius 3 is 2.58 bits per heavy atom. The summed E-state index contributed by atoms with van der Waals surface area (Å²) >= 11 is 0. The maximum Gasteiger partial charge on any atom is 0.355 e. The van der Waals surface area contributed by atoms with E-state index in [2.05, 4.69) is 22.1 Å². The zero-order valence-corrected chi connectivity index (χ0v) is 17.5. The fourth-order valence-electron chi connectivity index (χ4n) is 3.42. The fraction of sp³-hybridized carbons (Fsp3) is 0.174. The molecule has 8 heteroatoms. The van der Waals surface area contributed by atoms with Crippen LogP contribution in [0.2, 0.25) is 0 Å². The zero-order chi connectivity index (χ0) is 22.0. The van der Waals surface area contributed by atoms with E-state index in [0.29, 0.717) is 17.0 Å². The van der Waals surface area contributed by atoms with E-state index in [9.17, 15) is 10.1 Å². The van der Waals surface area contributed by atoms with Gasteiger partial charge in [-0.25, -0.2) is 19.8 Å². The lowest BCUT2D eigenvalue weighted by atomic mass is 10.0. The molecule has 4 rings (SSSR count). The van der Waals surface area contributed by atoms with E-state index >= 15 is 0 Å². The highest BCUT2D eigenvalue weighted by atomic mass is 16.5. The summed E-state index contributed by atoms with van der Waals surface area (Å²) in [5, 5.41) is 12.2. The molecule has 3 aromatic rings.